The highest BCUT2D eigenvalue weighted by atomic mass is 16.5. The number of hydrogen-bond acceptors (Lipinski definition) is 2. The molecule has 0 saturated carbocycles. The summed E-state index contributed by atoms with van der Waals surface area (Å²) in [6.07, 6.45) is 6.94. The predicted octanol–water partition coefficient (Wildman–Crippen LogP) is 2.24. The van der Waals surface area contributed by atoms with Crippen molar-refractivity contribution in [3.8, 4) is 5.75 Å². The lowest BCUT2D eigenvalue weighted by Crippen LogP contribution is -2.21. The van der Waals surface area contributed by atoms with Gasteiger partial charge in [0.25, 0.3) is 0 Å². The van der Waals surface area contributed by atoms with Crippen LogP contribution in [0.2, 0.25) is 0 Å². The molecule has 2 heteroatoms. The molecular formula is C12H15NO. The maximum Gasteiger partial charge on any atom is 0.122 e. The minimum Gasteiger partial charge on any atom is -0.490 e. The minimum absolute atomic E-state index is 0.296. The summed E-state index contributed by atoms with van der Waals surface area (Å²) in [5, 5.41) is 0. The SMILES string of the molecule is NC=CCC1CCc2ccccc2O1. The minimum atomic E-state index is 0.296. The Morgan fingerprint density at radius 1 is 1.43 bits per heavy atom. The van der Waals surface area contributed by atoms with Crippen LogP contribution in [-0.2, 0) is 6.42 Å². The molecular weight excluding hydrogens is 174 g/mol. The summed E-state index contributed by atoms with van der Waals surface area (Å²) >= 11 is 0. The second kappa shape index (κ2) is 4.18. The molecule has 74 valence electrons. The van der Waals surface area contributed by atoms with Crippen LogP contribution < -0.4 is 10.5 Å². The molecule has 0 fully saturated rings. The smallest absolute Gasteiger partial charge is 0.122 e. The number of benzene rings is 1. The Hall–Kier alpha value is -1.44. The standard InChI is InChI=1S/C12H15NO/c13-9-3-5-11-8-7-10-4-1-2-6-12(10)14-11/h1-4,6,9,11H,5,7-8,13H2. The Morgan fingerprint density at radius 2 is 2.29 bits per heavy atom. The lowest BCUT2D eigenvalue weighted by atomic mass is 10.0. The largest absolute Gasteiger partial charge is 0.490 e. The molecule has 1 aromatic rings. The summed E-state index contributed by atoms with van der Waals surface area (Å²) in [6, 6.07) is 8.24. The Morgan fingerprint density at radius 3 is 3.14 bits per heavy atom. The third-order valence-electron chi connectivity index (χ3n) is 2.54. The van der Waals surface area contributed by atoms with Crippen molar-refractivity contribution >= 4 is 0 Å². The van der Waals surface area contributed by atoms with Crippen LogP contribution >= 0.6 is 0 Å². The molecule has 0 spiro atoms. The molecule has 1 aliphatic rings. The molecule has 2 N–H and O–H groups in total. The first-order valence-electron chi connectivity index (χ1n) is 5.01. The summed E-state index contributed by atoms with van der Waals surface area (Å²) in [7, 11) is 0. The van der Waals surface area contributed by atoms with Crippen LogP contribution in [0.5, 0.6) is 5.75 Å². The van der Waals surface area contributed by atoms with Gasteiger partial charge in [-0.2, -0.15) is 0 Å². The molecule has 2 rings (SSSR count). The molecule has 0 bridgehead atoms. The van der Waals surface area contributed by atoms with E-state index in [2.05, 4.69) is 12.1 Å². The third kappa shape index (κ3) is 1.90. The molecule has 14 heavy (non-hydrogen) atoms. The predicted molar refractivity (Wildman–Crippen MR) is 57.1 cm³/mol. The molecule has 0 saturated heterocycles. The van der Waals surface area contributed by atoms with Crippen molar-refractivity contribution in [2.45, 2.75) is 25.4 Å². The van der Waals surface area contributed by atoms with Crippen LogP contribution in [0, 0.1) is 0 Å². The van der Waals surface area contributed by atoms with Crippen molar-refractivity contribution in [1.29, 1.82) is 0 Å². The fourth-order valence-corrected chi connectivity index (χ4v) is 1.78. The first kappa shape index (κ1) is 9.13. The van der Waals surface area contributed by atoms with Crippen LogP contribution in [0.1, 0.15) is 18.4 Å². The summed E-state index contributed by atoms with van der Waals surface area (Å²) in [6.45, 7) is 0. The Kier molecular flexibility index (Phi) is 2.73. The van der Waals surface area contributed by atoms with E-state index in [0.717, 1.165) is 25.0 Å². The van der Waals surface area contributed by atoms with Gasteiger partial charge >= 0.3 is 0 Å². The monoisotopic (exact) mass is 189 g/mol. The van der Waals surface area contributed by atoms with Gasteiger partial charge in [0.15, 0.2) is 0 Å². The fraction of sp³-hybridized carbons (Fsp3) is 0.333. The zero-order valence-electron chi connectivity index (χ0n) is 8.15. The summed E-state index contributed by atoms with van der Waals surface area (Å²) in [4.78, 5) is 0. The van der Waals surface area contributed by atoms with E-state index in [4.69, 9.17) is 10.5 Å². The first-order chi connectivity index (χ1) is 6.90. The fourth-order valence-electron chi connectivity index (χ4n) is 1.78. The molecule has 0 radical (unpaired) electrons. The average Bonchev–Trinajstić information content (AvgIpc) is 2.26. The highest BCUT2D eigenvalue weighted by Gasteiger charge is 2.17. The molecule has 0 amide bonds. The molecule has 1 aromatic carbocycles. The van der Waals surface area contributed by atoms with Crippen molar-refractivity contribution in [3.05, 3.63) is 42.1 Å². The third-order valence-corrected chi connectivity index (χ3v) is 2.54. The second-order valence-electron chi connectivity index (χ2n) is 3.55. The Bertz CT molecular complexity index is 333. The van der Waals surface area contributed by atoms with Gasteiger partial charge in [-0.15, -0.1) is 0 Å². The van der Waals surface area contributed by atoms with E-state index in [0.29, 0.717) is 6.10 Å². The quantitative estimate of drug-likeness (QED) is 0.774. The lowest BCUT2D eigenvalue weighted by Gasteiger charge is -2.25. The van der Waals surface area contributed by atoms with Gasteiger partial charge in [0, 0.05) is 6.42 Å². The molecule has 1 unspecified atom stereocenters. The van der Waals surface area contributed by atoms with E-state index < -0.39 is 0 Å². The molecule has 1 aliphatic heterocycles. The number of fused-ring (bicyclic) bond motifs is 1. The number of rotatable bonds is 2. The van der Waals surface area contributed by atoms with Crippen molar-refractivity contribution in [2.75, 3.05) is 0 Å². The average molecular weight is 189 g/mol. The van der Waals surface area contributed by atoms with Crippen LogP contribution in [0.3, 0.4) is 0 Å². The van der Waals surface area contributed by atoms with Gasteiger partial charge in [-0.3, -0.25) is 0 Å². The van der Waals surface area contributed by atoms with E-state index in [-0.39, 0.29) is 0 Å². The van der Waals surface area contributed by atoms with Crippen molar-refractivity contribution in [2.24, 2.45) is 5.73 Å². The van der Waals surface area contributed by atoms with Crippen molar-refractivity contribution in [3.63, 3.8) is 0 Å². The van der Waals surface area contributed by atoms with Gasteiger partial charge in [-0.1, -0.05) is 24.3 Å². The zero-order chi connectivity index (χ0) is 9.80. The van der Waals surface area contributed by atoms with Gasteiger partial charge in [0.05, 0.1) is 0 Å². The molecule has 1 heterocycles. The van der Waals surface area contributed by atoms with Gasteiger partial charge in [-0.25, -0.2) is 0 Å². The summed E-state index contributed by atoms with van der Waals surface area (Å²) in [5.74, 6) is 1.04. The lowest BCUT2D eigenvalue weighted by molar-refractivity contribution is 0.176. The zero-order valence-corrected chi connectivity index (χ0v) is 8.15. The maximum absolute atomic E-state index is 5.83. The topological polar surface area (TPSA) is 35.2 Å². The Balaban J connectivity index is 2.06. The van der Waals surface area contributed by atoms with Crippen molar-refractivity contribution in [1.82, 2.24) is 0 Å². The van der Waals surface area contributed by atoms with E-state index in [9.17, 15) is 0 Å². The van der Waals surface area contributed by atoms with E-state index >= 15 is 0 Å². The molecule has 1 atom stereocenters. The highest BCUT2D eigenvalue weighted by Crippen LogP contribution is 2.28. The Labute approximate surface area is 84.4 Å². The summed E-state index contributed by atoms with van der Waals surface area (Å²) < 4.78 is 5.83. The van der Waals surface area contributed by atoms with Gasteiger partial charge < -0.3 is 10.5 Å². The van der Waals surface area contributed by atoms with Crippen LogP contribution in [0.4, 0.5) is 0 Å². The van der Waals surface area contributed by atoms with E-state index in [1.807, 2.05) is 18.2 Å². The number of nitrogens with two attached hydrogens (primary N) is 1. The molecule has 0 aliphatic carbocycles. The number of para-hydroxylation sites is 1. The van der Waals surface area contributed by atoms with Gasteiger partial charge in [-0.05, 0) is 30.7 Å². The first-order valence-corrected chi connectivity index (χ1v) is 5.01. The van der Waals surface area contributed by atoms with Gasteiger partial charge in [0.2, 0.25) is 0 Å². The number of aryl methyl sites for hydroxylation is 1. The number of hydrogen-bond donors (Lipinski definition) is 1. The second-order valence-corrected chi connectivity index (χ2v) is 3.55. The number of ether oxygens (including phenoxy) is 1. The van der Waals surface area contributed by atoms with Crippen LogP contribution in [0.15, 0.2) is 36.5 Å². The van der Waals surface area contributed by atoms with E-state index in [1.54, 1.807) is 6.20 Å². The molecule has 2 nitrogen and oxygen atoms in total. The van der Waals surface area contributed by atoms with Crippen molar-refractivity contribution < 1.29 is 4.74 Å². The normalized spacial score (nSPS) is 20.4. The van der Waals surface area contributed by atoms with E-state index in [1.165, 1.54) is 5.56 Å². The maximum atomic E-state index is 5.83. The van der Waals surface area contributed by atoms with Crippen LogP contribution in [0.25, 0.3) is 0 Å². The van der Waals surface area contributed by atoms with Gasteiger partial charge in [0.1, 0.15) is 11.9 Å². The highest BCUT2D eigenvalue weighted by molar-refractivity contribution is 5.35. The van der Waals surface area contributed by atoms with Crippen LogP contribution in [-0.4, -0.2) is 6.10 Å². The summed E-state index contributed by atoms with van der Waals surface area (Å²) in [5.41, 5.74) is 6.62. The molecule has 0 aromatic heterocycles.